The molecule has 0 bridgehead atoms. The molecule has 0 spiro atoms. The second kappa shape index (κ2) is 10.2. The minimum absolute atomic E-state index is 0.0243. The molecule has 1 unspecified atom stereocenters. The van der Waals surface area contributed by atoms with Crippen molar-refractivity contribution in [2.45, 2.75) is 26.8 Å². The van der Waals surface area contributed by atoms with E-state index < -0.39 is 0 Å². The third-order valence-electron chi connectivity index (χ3n) is 3.11. The molecule has 22 heavy (non-hydrogen) atoms. The van der Waals surface area contributed by atoms with E-state index in [0.29, 0.717) is 32.2 Å². The maximum atomic E-state index is 11.8. The first-order chi connectivity index (χ1) is 10.5. The van der Waals surface area contributed by atoms with Crippen molar-refractivity contribution in [3.05, 3.63) is 29.8 Å². The minimum atomic E-state index is -0.0316. The zero-order valence-corrected chi connectivity index (χ0v) is 14.0. The number of hydrogen-bond acceptors (Lipinski definition) is 4. The fraction of sp³-hybridized carbons (Fsp3) is 0.588. The Bertz CT molecular complexity index is 432. The summed E-state index contributed by atoms with van der Waals surface area (Å²) in [6.07, 6.45) is 0. The van der Waals surface area contributed by atoms with Crippen LogP contribution in [0.1, 0.15) is 32.4 Å². The van der Waals surface area contributed by atoms with Crippen LogP contribution >= 0.6 is 0 Å². The Morgan fingerprint density at radius 2 is 1.86 bits per heavy atom. The zero-order valence-electron chi connectivity index (χ0n) is 14.0. The van der Waals surface area contributed by atoms with Gasteiger partial charge >= 0.3 is 0 Å². The summed E-state index contributed by atoms with van der Waals surface area (Å²) in [5.41, 5.74) is 1.06. The quantitative estimate of drug-likeness (QED) is 0.650. The van der Waals surface area contributed by atoms with Gasteiger partial charge in [0.25, 0.3) is 0 Å². The van der Waals surface area contributed by atoms with Crippen molar-refractivity contribution in [1.82, 2.24) is 10.6 Å². The van der Waals surface area contributed by atoms with E-state index in [9.17, 15) is 4.79 Å². The Morgan fingerprint density at radius 1 is 1.18 bits per heavy atom. The van der Waals surface area contributed by atoms with Gasteiger partial charge in [0.1, 0.15) is 5.75 Å². The molecule has 5 nitrogen and oxygen atoms in total. The van der Waals surface area contributed by atoms with E-state index in [-0.39, 0.29) is 11.9 Å². The number of ether oxygens (including phenoxy) is 2. The molecule has 0 radical (unpaired) electrons. The maximum Gasteiger partial charge on any atom is 0.234 e. The number of methoxy groups -OCH3 is 1. The second-order valence-electron chi connectivity index (χ2n) is 5.73. The van der Waals surface area contributed by atoms with Gasteiger partial charge in [-0.2, -0.15) is 0 Å². The van der Waals surface area contributed by atoms with Crippen molar-refractivity contribution in [1.29, 1.82) is 0 Å². The first-order valence-electron chi connectivity index (χ1n) is 7.74. The number of carbonyl (C=O) groups excluding carboxylic acids is 1. The molecule has 0 saturated heterocycles. The molecule has 1 atom stereocenters. The molecule has 2 N–H and O–H groups in total. The molecular weight excluding hydrogens is 280 g/mol. The Kier molecular flexibility index (Phi) is 8.55. The molecule has 1 aromatic rings. The van der Waals surface area contributed by atoms with Crippen LogP contribution in [0, 0.1) is 5.92 Å². The monoisotopic (exact) mass is 308 g/mol. The van der Waals surface area contributed by atoms with E-state index in [1.807, 2.05) is 31.2 Å². The van der Waals surface area contributed by atoms with Crippen LogP contribution in [0.3, 0.4) is 0 Å². The molecule has 0 aromatic heterocycles. The van der Waals surface area contributed by atoms with Gasteiger partial charge in [-0.3, -0.25) is 4.79 Å². The van der Waals surface area contributed by atoms with Crippen LogP contribution in [0.15, 0.2) is 24.3 Å². The predicted octanol–water partition coefficient (Wildman–Crippen LogP) is 2.13. The average molecular weight is 308 g/mol. The molecule has 1 aromatic carbocycles. The normalized spacial score (nSPS) is 12.2. The number of nitrogens with one attached hydrogen (secondary N) is 2. The predicted molar refractivity (Wildman–Crippen MR) is 88.1 cm³/mol. The van der Waals surface area contributed by atoms with Gasteiger partial charge in [-0.25, -0.2) is 0 Å². The molecule has 1 amide bonds. The van der Waals surface area contributed by atoms with Crippen molar-refractivity contribution in [2.75, 3.05) is 33.4 Å². The van der Waals surface area contributed by atoms with Gasteiger partial charge < -0.3 is 20.1 Å². The smallest absolute Gasteiger partial charge is 0.234 e. The van der Waals surface area contributed by atoms with Gasteiger partial charge in [-0.1, -0.05) is 26.0 Å². The SMILES string of the molecule is COCCNCC(=O)NC(C)c1ccc(OCC(C)C)cc1. The molecule has 0 heterocycles. The lowest BCUT2D eigenvalue weighted by molar-refractivity contribution is -0.120. The van der Waals surface area contributed by atoms with E-state index in [4.69, 9.17) is 9.47 Å². The van der Waals surface area contributed by atoms with Crippen LogP contribution in [-0.2, 0) is 9.53 Å². The second-order valence-corrected chi connectivity index (χ2v) is 5.73. The third kappa shape index (κ3) is 7.43. The van der Waals surface area contributed by atoms with Crippen molar-refractivity contribution in [2.24, 2.45) is 5.92 Å². The summed E-state index contributed by atoms with van der Waals surface area (Å²) in [6.45, 7) is 8.47. The van der Waals surface area contributed by atoms with Gasteiger partial charge in [0.05, 0.1) is 25.8 Å². The molecular formula is C17H28N2O3. The summed E-state index contributed by atoms with van der Waals surface area (Å²) in [5, 5.41) is 5.98. The highest BCUT2D eigenvalue weighted by atomic mass is 16.5. The number of amides is 1. The molecule has 0 aliphatic rings. The van der Waals surface area contributed by atoms with Crippen LogP contribution in [-0.4, -0.2) is 39.3 Å². The van der Waals surface area contributed by atoms with E-state index in [0.717, 1.165) is 11.3 Å². The van der Waals surface area contributed by atoms with E-state index >= 15 is 0 Å². The van der Waals surface area contributed by atoms with Crippen molar-refractivity contribution < 1.29 is 14.3 Å². The fourth-order valence-corrected chi connectivity index (χ4v) is 1.87. The summed E-state index contributed by atoms with van der Waals surface area (Å²) in [5.74, 6) is 1.34. The van der Waals surface area contributed by atoms with Crippen LogP contribution in [0.2, 0.25) is 0 Å². The molecule has 0 saturated carbocycles. The lowest BCUT2D eigenvalue weighted by Gasteiger charge is -2.15. The highest BCUT2D eigenvalue weighted by Crippen LogP contribution is 2.18. The van der Waals surface area contributed by atoms with Crippen molar-refractivity contribution in [3.8, 4) is 5.75 Å². The van der Waals surface area contributed by atoms with Gasteiger partial charge in [0.2, 0.25) is 5.91 Å². The van der Waals surface area contributed by atoms with Crippen molar-refractivity contribution >= 4 is 5.91 Å². The molecule has 1 rings (SSSR count). The fourth-order valence-electron chi connectivity index (χ4n) is 1.87. The number of rotatable bonds is 10. The van der Waals surface area contributed by atoms with Crippen LogP contribution in [0.4, 0.5) is 0 Å². The topological polar surface area (TPSA) is 59.6 Å². The highest BCUT2D eigenvalue weighted by Gasteiger charge is 2.09. The largest absolute Gasteiger partial charge is 0.493 e. The summed E-state index contributed by atoms with van der Waals surface area (Å²) in [7, 11) is 1.64. The summed E-state index contributed by atoms with van der Waals surface area (Å²) in [6, 6.07) is 7.82. The van der Waals surface area contributed by atoms with E-state index in [2.05, 4.69) is 24.5 Å². The van der Waals surface area contributed by atoms with Crippen LogP contribution in [0.5, 0.6) is 5.75 Å². The number of carbonyl (C=O) groups is 1. The average Bonchev–Trinajstić information content (AvgIpc) is 2.50. The van der Waals surface area contributed by atoms with Crippen molar-refractivity contribution in [3.63, 3.8) is 0 Å². The molecule has 0 aliphatic carbocycles. The zero-order chi connectivity index (χ0) is 16.4. The first-order valence-corrected chi connectivity index (χ1v) is 7.74. The molecule has 0 fully saturated rings. The minimum Gasteiger partial charge on any atom is -0.493 e. The molecule has 5 heteroatoms. The molecule has 0 aliphatic heterocycles. The first kappa shape index (κ1) is 18.5. The summed E-state index contributed by atoms with van der Waals surface area (Å²) < 4.78 is 10.6. The number of hydrogen-bond donors (Lipinski definition) is 2. The van der Waals surface area contributed by atoms with E-state index in [1.165, 1.54) is 0 Å². The summed E-state index contributed by atoms with van der Waals surface area (Å²) >= 11 is 0. The highest BCUT2D eigenvalue weighted by molar-refractivity contribution is 5.78. The Hall–Kier alpha value is -1.59. The Labute approximate surface area is 133 Å². The van der Waals surface area contributed by atoms with Crippen LogP contribution < -0.4 is 15.4 Å². The number of benzene rings is 1. The van der Waals surface area contributed by atoms with Gasteiger partial charge in [-0.15, -0.1) is 0 Å². The van der Waals surface area contributed by atoms with Gasteiger partial charge in [0, 0.05) is 13.7 Å². The van der Waals surface area contributed by atoms with Gasteiger partial charge in [-0.05, 0) is 30.5 Å². The Morgan fingerprint density at radius 3 is 2.45 bits per heavy atom. The van der Waals surface area contributed by atoms with E-state index in [1.54, 1.807) is 7.11 Å². The maximum absolute atomic E-state index is 11.8. The standard InChI is InChI=1S/C17H28N2O3/c1-13(2)12-22-16-7-5-15(6-8-16)14(3)19-17(20)11-18-9-10-21-4/h5-8,13-14,18H,9-12H2,1-4H3,(H,19,20). The Balaban J connectivity index is 2.38. The van der Waals surface area contributed by atoms with Gasteiger partial charge in [0.15, 0.2) is 0 Å². The third-order valence-corrected chi connectivity index (χ3v) is 3.11. The molecule has 124 valence electrons. The lowest BCUT2D eigenvalue weighted by atomic mass is 10.1. The summed E-state index contributed by atoms with van der Waals surface area (Å²) in [4.78, 5) is 11.8. The van der Waals surface area contributed by atoms with Crippen LogP contribution in [0.25, 0.3) is 0 Å². The lowest BCUT2D eigenvalue weighted by Crippen LogP contribution is -2.36.